The van der Waals surface area contributed by atoms with E-state index in [0.29, 0.717) is 13.1 Å². The van der Waals surface area contributed by atoms with Crippen molar-refractivity contribution >= 4 is 17.5 Å². The monoisotopic (exact) mass is 403 g/mol. The van der Waals surface area contributed by atoms with E-state index < -0.39 is 0 Å². The van der Waals surface area contributed by atoms with Crippen LogP contribution in [0.4, 0.5) is 5.69 Å². The van der Waals surface area contributed by atoms with Crippen LogP contribution in [0.1, 0.15) is 19.4 Å². The van der Waals surface area contributed by atoms with Gasteiger partial charge in [0, 0.05) is 11.7 Å². The summed E-state index contributed by atoms with van der Waals surface area (Å²) in [6, 6.07) is 8.70. The molecule has 2 saturated heterocycles. The first-order chi connectivity index (χ1) is 13.9. The van der Waals surface area contributed by atoms with Gasteiger partial charge in [0.15, 0.2) is 13.1 Å². The number of rotatable bonds is 6. The second-order valence-electron chi connectivity index (χ2n) is 8.73. The summed E-state index contributed by atoms with van der Waals surface area (Å²) >= 11 is 0. The Hall–Kier alpha value is -2.12. The van der Waals surface area contributed by atoms with Gasteiger partial charge in [0.05, 0.1) is 52.4 Å². The lowest BCUT2D eigenvalue weighted by Crippen LogP contribution is -3.17. The van der Waals surface area contributed by atoms with Crippen LogP contribution < -0.4 is 20.0 Å². The molecule has 2 aliphatic rings. The maximum atomic E-state index is 12.7. The van der Waals surface area contributed by atoms with Crippen LogP contribution in [-0.2, 0) is 9.59 Å². The third-order valence-electron chi connectivity index (χ3n) is 6.01. The topological polar surface area (TPSA) is 61.5 Å². The van der Waals surface area contributed by atoms with Crippen LogP contribution >= 0.6 is 0 Å². The van der Waals surface area contributed by atoms with Crippen molar-refractivity contribution in [2.75, 3.05) is 70.3 Å². The summed E-state index contributed by atoms with van der Waals surface area (Å²) in [5, 5.41) is 2.95. The van der Waals surface area contributed by atoms with Crippen molar-refractivity contribution in [2.24, 2.45) is 0 Å². The molecule has 7 nitrogen and oxygen atoms in total. The lowest BCUT2D eigenvalue weighted by Gasteiger charge is -2.36. The summed E-state index contributed by atoms with van der Waals surface area (Å²) in [5.74, 6) is 0.362. The number of hydrogen-bond donors (Lipinski definition) is 3. The van der Waals surface area contributed by atoms with Gasteiger partial charge in [-0.1, -0.05) is 18.2 Å². The Labute approximate surface area is 174 Å². The molecule has 1 aromatic rings. The van der Waals surface area contributed by atoms with E-state index in [1.807, 2.05) is 18.7 Å². The largest absolute Gasteiger partial charge is 0.360 e. The number of anilines is 1. The molecule has 3 rings (SSSR count). The van der Waals surface area contributed by atoms with Crippen LogP contribution in [0.2, 0.25) is 0 Å². The Morgan fingerprint density at radius 3 is 2.17 bits per heavy atom. The Bertz CT molecular complexity index is 692. The average Bonchev–Trinajstić information content (AvgIpc) is 2.69. The number of quaternary nitrogens is 2. The summed E-state index contributed by atoms with van der Waals surface area (Å²) in [4.78, 5) is 31.8. The fraction of sp³-hybridized carbons (Fsp3) is 0.636. The van der Waals surface area contributed by atoms with Gasteiger partial charge in [-0.05, 0) is 32.4 Å². The minimum absolute atomic E-state index is 0.103. The number of aryl methyl sites for hydroxylation is 1. The maximum absolute atomic E-state index is 12.7. The van der Waals surface area contributed by atoms with Crippen molar-refractivity contribution < 1.29 is 19.4 Å². The van der Waals surface area contributed by atoms with E-state index >= 15 is 0 Å². The predicted octanol–water partition coefficient (Wildman–Crippen LogP) is -2.05. The molecular weight excluding hydrogens is 366 g/mol. The van der Waals surface area contributed by atoms with Crippen molar-refractivity contribution in [2.45, 2.75) is 26.8 Å². The van der Waals surface area contributed by atoms with Gasteiger partial charge >= 0.3 is 0 Å². The normalized spacial score (nSPS) is 18.9. The predicted molar refractivity (Wildman–Crippen MR) is 114 cm³/mol. The smallest absolute Gasteiger partial charge is 0.278 e. The Balaban J connectivity index is 1.38. The van der Waals surface area contributed by atoms with E-state index in [0.717, 1.165) is 52.4 Å². The van der Waals surface area contributed by atoms with Crippen LogP contribution in [0, 0.1) is 6.92 Å². The van der Waals surface area contributed by atoms with Gasteiger partial charge in [-0.15, -0.1) is 0 Å². The standard InChI is InChI=1S/C22H35N5O2/c1-18(2)23-21(28)16-24-10-14-27(15-11-24)22(29)17-25-8-12-26(13-9-25)20-7-5-4-6-19(20)3/h4-7,18H,8-17H2,1-3H3,(H,23,28)/p+2. The summed E-state index contributed by atoms with van der Waals surface area (Å²) in [7, 11) is 0. The minimum atomic E-state index is 0.103. The van der Waals surface area contributed by atoms with Crippen molar-refractivity contribution in [3.63, 3.8) is 0 Å². The first-order valence-corrected chi connectivity index (χ1v) is 11.0. The van der Waals surface area contributed by atoms with Gasteiger partial charge in [0.25, 0.3) is 11.8 Å². The fourth-order valence-corrected chi connectivity index (χ4v) is 4.33. The highest BCUT2D eigenvalue weighted by molar-refractivity contribution is 5.77. The van der Waals surface area contributed by atoms with Crippen LogP contribution in [0.25, 0.3) is 0 Å². The molecule has 0 atom stereocenters. The third-order valence-corrected chi connectivity index (χ3v) is 6.01. The first-order valence-electron chi connectivity index (χ1n) is 11.0. The summed E-state index contributed by atoms with van der Waals surface area (Å²) in [6.07, 6.45) is 0. The van der Waals surface area contributed by atoms with E-state index in [4.69, 9.17) is 0 Å². The molecule has 0 saturated carbocycles. The van der Waals surface area contributed by atoms with E-state index in [1.165, 1.54) is 21.1 Å². The fourth-order valence-electron chi connectivity index (χ4n) is 4.33. The highest BCUT2D eigenvalue weighted by atomic mass is 16.2. The number of nitrogens with zero attached hydrogens (tertiary/aromatic N) is 2. The molecule has 0 aromatic heterocycles. The summed E-state index contributed by atoms with van der Waals surface area (Å²) in [5.41, 5.74) is 2.63. The number of hydrogen-bond acceptors (Lipinski definition) is 3. The van der Waals surface area contributed by atoms with E-state index in [1.54, 1.807) is 0 Å². The van der Waals surface area contributed by atoms with Gasteiger partial charge in [-0.25, -0.2) is 0 Å². The molecule has 160 valence electrons. The third kappa shape index (κ3) is 6.18. The molecule has 2 aliphatic heterocycles. The van der Waals surface area contributed by atoms with Gasteiger partial charge in [-0.3, -0.25) is 9.59 Å². The lowest BCUT2D eigenvalue weighted by atomic mass is 10.1. The Morgan fingerprint density at radius 1 is 0.966 bits per heavy atom. The molecule has 29 heavy (non-hydrogen) atoms. The van der Waals surface area contributed by atoms with Gasteiger partial charge in [0.1, 0.15) is 0 Å². The zero-order valence-electron chi connectivity index (χ0n) is 18.2. The van der Waals surface area contributed by atoms with Gasteiger partial charge in [-0.2, -0.15) is 0 Å². The molecule has 0 spiro atoms. The number of amides is 2. The van der Waals surface area contributed by atoms with E-state index in [9.17, 15) is 9.59 Å². The zero-order valence-corrected chi connectivity index (χ0v) is 18.2. The van der Waals surface area contributed by atoms with Crippen LogP contribution in [-0.4, -0.2) is 88.2 Å². The molecule has 0 unspecified atom stereocenters. The molecule has 1 aromatic carbocycles. The molecule has 0 aliphatic carbocycles. The summed E-state index contributed by atoms with van der Waals surface area (Å²) in [6.45, 7) is 14.4. The van der Waals surface area contributed by atoms with Gasteiger partial charge < -0.3 is 24.9 Å². The average molecular weight is 404 g/mol. The van der Waals surface area contributed by atoms with Crippen molar-refractivity contribution in [3.8, 4) is 0 Å². The lowest BCUT2D eigenvalue weighted by molar-refractivity contribution is -0.898. The second kappa shape index (κ2) is 10.1. The molecule has 0 radical (unpaired) electrons. The second-order valence-corrected chi connectivity index (χ2v) is 8.73. The number of nitrogens with one attached hydrogen (secondary N) is 3. The van der Waals surface area contributed by atoms with Crippen LogP contribution in [0.3, 0.4) is 0 Å². The van der Waals surface area contributed by atoms with Crippen LogP contribution in [0.5, 0.6) is 0 Å². The molecule has 0 bridgehead atoms. The van der Waals surface area contributed by atoms with Crippen molar-refractivity contribution in [1.82, 2.24) is 10.2 Å². The Kier molecular flexibility index (Phi) is 7.50. The van der Waals surface area contributed by atoms with E-state index in [-0.39, 0.29) is 17.9 Å². The Morgan fingerprint density at radius 2 is 1.55 bits per heavy atom. The zero-order chi connectivity index (χ0) is 20.8. The molecule has 3 N–H and O–H groups in total. The summed E-state index contributed by atoms with van der Waals surface area (Å²) < 4.78 is 0. The van der Waals surface area contributed by atoms with Crippen molar-refractivity contribution in [3.05, 3.63) is 29.8 Å². The number of benzene rings is 1. The molecule has 2 fully saturated rings. The highest BCUT2D eigenvalue weighted by Crippen LogP contribution is 2.18. The van der Waals surface area contributed by atoms with E-state index in [2.05, 4.69) is 41.4 Å². The SMILES string of the molecule is Cc1ccccc1N1CC[NH+](CC(=O)N2CC[NH+](CC(=O)NC(C)C)CC2)CC1. The molecule has 7 heteroatoms. The number of carbonyl (C=O) groups is 2. The molecule has 2 heterocycles. The van der Waals surface area contributed by atoms with Crippen molar-refractivity contribution in [1.29, 1.82) is 0 Å². The van der Waals surface area contributed by atoms with Crippen LogP contribution in [0.15, 0.2) is 24.3 Å². The quantitative estimate of drug-likeness (QED) is 0.513. The molecule has 2 amide bonds. The number of para-hydroxylation sites is 1. The first kappa shape index (κ1) is 21.6. The van der Waals surface area contributed by atoms with Gasteiger partial charge in [0.2, 0.25) is 0 Å². The maximum Gasteiger partial charge on any atom is 0.278 e. The number of piperazine rings is 2. The number of carbonyl (C=O) groups excluding carboxylic acids is 2. The highest BCUT2D eigenvalue weighted by Gasteiger charge is 2.29. The molecular formula is C22H37N5O2+2. The minimum Gasteiger partial charge on any atom is -0.360 e.